The molecule has 15 heavy (non-hydrogen) atoms. The number of hydrogen-bond acceptors (Lipinski definition) is 1. The number of pyridine rings is 1. The van der Waals surface area contributed by atoms with E-state index in [0.29, 0.717) is 5.41 Å². The highest BCUT2D eigenvalue weighted by Crippen LogP contribution is 2.22. The average molecular weight is 199 g/mol. The van der Waals surface area contributed by atoms with Gasteiger partial charge in [-0.1, -0.05) is 32.9 Å². The number of rotatable bonds is 1. The molecule has 0 saturated heterocycles. The van der Waals surface area contributed by atoms with Crippen LogP contribution in [0.25, 0.3) is 10.9 Å². The number of nitrogens with zero attached hydrogens (tertiary/aromatic N) is 1. The van der Waals surface area contributed by atoms with Crippen LogP contribution in [-0.2, 0) is 6.42 Å². The van der Waals surface area contributed by atoms with Gasteiger partial charge in [0.15, 0.2) is 0 Å². The van der Waals surface area contributed by atoms with Crippen LogP contribution in [0.2, 0.25) is 0 Å². The van der Waals surface area contributed by atoms with Gasteiger partial charge in [-0.25, -0.2) is 0 Å². The molecule has 1 nitrogen and oxygen atoms in total. The summed E-state index contributed by atoms with van der Waals surface area (Å²) in [6, 6.07) is 10.6. The van der Waals surface area contributed by atoms with Crippen molar-refractivity contribution in [2.45, 2.75) is 27.2 Å². The summed E-state index contributed by atoms with van der Waals surface area (Å²) >= 11 is 0. The van der Waals surface area contributed by atoms with Crippen molar-refractivity contribution in [2.75, 3.05) is 0 Å². The van der Waals surface area contributed by atoms with E-state index in [9.17, 15) is 0 Å². The Hall–Kier alpha value is -1.37. The van der Waals surface area contributed by atoms with E-state index in [1.807, 2.05) is 12.3 Å². The fourth-order valence-electron chi connectivity index (χ4n) is 1.85. The molecule has 2 aromatic rings. The van der Waals surface area contributed by atoms with Gasteiger partial charge in [-0.15, -0.1) is 0 Å². The van der Waals surface area contributed by atoms with E-state index in [1.165, 1.54) is 10.9 Å². The van der Waals surface area contributed by atoms with Gasteiger partial charge in [-0.3, -0.25) is 4.98 Å². The van der Waals surface area contributed by atoms with Crippen molar-refractivity contribution in [3.05, 3.63) is 42.1 Å². The zero-order valence-electron chi connectivity index (χ0n) is 9.62. The van der Waals surface area contributed by atoms with Crippen molar-refractivity contribution in [2.24, 2.45) is 5.41 Å². The predicted octanol–water partition coefficient (Wildman–Crippen LogP) is 3.82. The molecule has 0 amide bonds. The van der Waals surface area contributed by atoms with E-state index >= 15 is 0 Å². The summed E-state index contributed by atoms with van der Waals surface area (Å²) in [5.74, 6) is 0. The lowest BCUT2D eigenvalue weighted by Crippen LogP contribution is -2.08. The van der Waals surface area contributed by atoms with Crippen LogP contribution in [0.3, 0.4) is 0 Å². The van der Waals surface area contributed by atoms with Gasteiger partial charge in [0.05, 0.1) is 5.52 Å². The molecule has 0 aliphatic carbocycles. The molecule has 0 bridgehead atoms. The molecular formula is C14H17N. The summed E-state index contributed by atoms with van der Waals surface area (Å²) < 4.78 is 0. The molecule has 0 radical (unpaired) electrons. The molecule has 1 heterocycles. The van der Waals surface area contributed by atoms with Crippen molar-refractivity contribution in [3.63, 3.8) is 0 Å². The minimum Gasteiger partial charge on any atom is -0.256 e. The Labute approximate surface area is 91.2 Å². The zero-order valence-corrected chi connectivity index (χ0v) is 9.62. The molecular weight excluding hydrogens is 182 g/mol. The first-order chi connectivity index (χ1) is 7.04. The lowest BCUT2D eigenvalue weighted by molar-refractivity contribution is 0.411. The smallest absolute Gasteiger partial charge is 0.0702 e. The first kappa shape index (κ1) is 10.2. The molecule has 1 aromatic carbocycles. The van der Waals surface area contributed by atoms with Crippen molar-refractivity contribution in [1.29, 1.82) is 0 Å². The summed E-state index contributed by atoms with van der Waals surface area (Å²) in [6.45, 7) is 6.79. The summed E-state index contributed by atoms with van der Waals surface area (Å²) in [5, 5.41) is 1.24. The van der Waals surface area contributed by atoms with E-state index < -0.39 is 0 Å². The molecule has 0 aliphatic rings. The minimum absolute atomic E-state index is 0.343. The summed E-state index contributed by atoms with van der Waals surface area (Å²) in [4.78, 5) is 4.32. The van der Waals surface area contributed by atoms with Gasteiger partial charge in [0, 0.05) is 11.6 Å². The molecule has 0 spiro atoms. The SMILES string of the molecule is CC(C)(C)Cc1ccc2ncccc2c1. The Morgan fingerprint density at radius 3 is 2.67 bits per heavy atom. The second-order valence-corrected chi connectivity index (χ2v) is 5.27. The second-order valence-electron chi connectivity index (χ2n) is 5.27. The van der Waals surface area contributed by atoms with E-state index in [4.69, 9.17) is 0 Å². The van der Waals surface area contributed by atoms with Crippen molar-refractivity contribution in [3.8, 4) is 0 Å². The Balaban J connectivity index is 2.39. The van der Waals surface area contributed by atoms with Crippen LogP contribution < -0.4 is 0 Å². The van der Waals surface area contributed by atoms with Gasteiger partial charge in [0.1, 0.15) is 0 Å². The maximum Gasteiger partial charge on any atom is 0.0702 e. The van der Waals surface area contributed by atoms with E-state index in [0.717, 1.165) is 11.9 Å². The molecule has 0 atom stereocenters. The zero-order chi connectivity index (χ0) is 10.9. The Morgan fingerprint density at radius 2 is 1.93 bits per heavy atom. The fourth-order valence-corrected chi connectivity index (χ4v) is 1.85. The first-order valence-corrected chi connectivity index (χ1v) is 5.38. The molecule has 2 rings (SSSR count). The number of benzene rings is 1. The highest BCUT2D eigenvalue weighted by Gasteiger charge is 2.11. The summed E-state index contributed by atoms with van der Waals surface area (Å²) in [7, 11) is 0. The van der Waals surface area contributed by atoms with Crippen molar-refractivity contribution in [1.82, 2.24) is 4.98 Å². The number of fused-ring (bicyclic) bond motifs is 1. The number of aromatic nitrogens is 1. The van der Waals surface area contributed by atoms with Crippen molar-refractivity contribution < 1.29 is 0 Å². The fraction of sp³-hybridized carbons (Fsp3) is 0.357. The van der Waals surface area contributed by atoms with Crippen LogP contribution in [0.4, 0.5) is 0 Å². The third-order valence-corrected chi connectivity index (χ3v) is 2.40. The molecule has 1 aromatic heterocycles. The largest absolute Gasteiger partial charge is 0.256 e. The van der Waals surface area contributed by atoms with Gasteiger partial charge in [-0.05, 0) is 35.6 Å². The van der Waals surface area contributed by atoms with Gasteiger partial charge in [0.25, 0.3) is 0 Å². The van der Waals surface area contributed by atoms with Crippen molar-refractivity contribution >= 4 is 10.9 Å². The van der Waals surface area contributed by atoms with E-state index in [2.05, 4.69) is 50.0 Å². The average Bonchev–Trinajstić information content (AvgIpc) is 2.15. The maximum atomic E-state index is 4.32. The van der Waals surface area contributed by atoms with Gasteiger partial charge in [0.2, 0.25) is 0 Å². The molecule has 1 heteroatoms. The van der Waals surface area contributed by atoms with Gasteiger partial charge < -0.3 is 0 Å². The first-order valence-electron chi connectivity index (χ1n) is 5.38. The Bertz CT molecular complexity index is 466. The van der Waals surface area contributed by atoms with Crippen LogP contribution in [-0.4, -0.2) is 4.98 Å². The lowest BCUT2D eigenvalue weighted by atomic mass is 9.88. The van der Waals surface area contributed by atoms with Crippen LogP contribution in [0, 0.1) is 5.41 Å². The molecule has 78 valence electrons. The molecule has 0 saturated carbocycles. The van der Waals surface area contributed by atoms with Crippen LogP contribution >= 0.6 is 0 Å². The lowest BCUT2D eigenvalue weighted by Gasteiger charge is -2.18. The summed E-state index contributed by atoms with van der Waals surface area (Å²) in [6.07, 6.45) is 2.95. The predicted molar refractivity (Wildman–Crippen MR) is 64.9 cm³/mol. The maximum absolute atomic E-state index is 4.32. The third-order valence-electron chi connectivity index (χ3n) is 2.40. The molecule has 0 unspecified atom stereocenters. The van der Waals surface area contributed by atoms with E-state index in [-0.39, 0.29) is 0 Å². The highest BCUT2D eigenvalue weighted by atomic mass is 14.6. The highest BCUT2D eigenvalue weighted by molar-refractivity contribution is 5.78. The van der Waals surface area contributed by atoms with Crippen LogP contribution in [0.5, 0.6) is 0 Å². The van der Waals surface area contributed by atoms with Gasteiger partial charge >= 0.3 is 0 Å². The standard InChI is InChI=1S/C14H17N/c1-14(2,3)10-11-6-7-13-12(9-11)5-4-8-15-13/h4-9H,10H2,1-3H3. The topological polar surface area (TPSA) is 12.9 Å². The minimum atomic E-state index is 0.343. The van der Waals surface area contributed by atoms with Gasteiger partial charge in [-0.2, -0.15) is 0 Å². The quantitative estimate of drug-likeness (QED) is 0.680. The Kier molecular flexibility index (Phi) is 2.47. The molecule has 0 aliphatic heterocycles. The normalized spacial score (nSPS) is 11.9. The third kappa shape index (κ3) is 2.56. The Morgan fingerprint density at radius 1 is 1.13 bits per heavy atom. The molecule has 0 N–H and O–H groups in total. The number of hydrogen-bond donors (Lipinski definition) is 0. The van der Waals surface area contributed by atoms with Crippen LogP contribution in [0.1, 0.15) is 26.3 Å². The molecule has 0 fully saturated rings. The monoisotopic (exact) mass is 199 g/mol. The van der Waals surface area contributed by atoms with Crippen LogP contribution in [0.15, 0.2) is 36.5 Å². The van der Waals surface area contributed by atoms with E-state index in [1.54, 1.807) is 0 Å². The summed E-state index contributed by atoms with van der Waals surface area (Å²) in [5.41, 5.74) is 2.81. The second kappa shape index (κ2) is 3.65.